The zero-order chi connectivity index (χ0) is 12.4. The minimum absolute atomic E-state index is 0.306. The lowest BCUT2D eigenvalue weighted by molar-refractivity contribution is -0.162. The van der Waals surface area contributed by atoms with Gasteiger partial charge in [-0.25, -0.2) is 9.59 Å². The maximum Gasteiger partial charge on any atom is 0.333 e. The van der Waals surface area contributed by atoms with Crippen molar-refractivity contribution in [1.82, 2.24) is 0 Å². The molecule has 5 heteroatoms. The van der Waals surface area contributed by atoms with Crippen LogP contribution in [0.2, 0.25) is 0 Å². The number of hydrogen-bond donors (Lipinski definition) is 1. The third kappa shape index (κ3) is 7.99. The Balaban J connectivity index is 3.80. The van der Waals surface area contributed by atoms with E-state index in [4.69, 9.17) is 9.84 Å². The molecular weight excluding hydrogens is 212 g/mol. The molecule has 0 aromatic rings. The van der Waals surface area contributed by atoms with Crippen molar-refractivity contribution in [2.45, 2.75) is 39.4 Å². The van der Waals surface area contributed by atoms with Crippen LogP contribution in [0.4, 0.5) is 0 Å². The fourth-order valence-electron chi connectivity index (χ4n) is 0.758. The van der Waals surface area contributed by atoms with Crippen LogP contribution in [0, 0.1) is 0 Å². The molecule has 0 fully saturated rings. The molecule has 16 heavy (non-hydrogen) atoms. The maximum absolute atomic E-state index is 11.0. The maximum atomic E-state index is 11.0. The third-order valence-electron chi connectivity index (χ3n) is 1.70. The van der Waals surface area contributed by atoms with Crippen LogP contribution in [-0.2, 0) is 19.1 Å². The van der Waals surface area contributed by atoms with E-state index in [0.717, 1.165) is 25.0 Å². The molecular formula is C11H18O5. The number of carbonyl (C=O) groups is 2. The summed E-state index contributed by atoms with van der Waals surface area (Å²) in [5, 5.41) is 8.97. The van der Waals surface area contributed by atoms with Crippen molar-refractivity contribution in [3.8, 4) is 0 Å². The summed E-state index contributed by atoms with van der Waals surface area (Å²) in [7, 11) is 0. The highest BCUT2D eigenvalue weighted by Gasteiger charge is 2.06. The van der Waals surface area contributed by atoms with Crippen molar-refractivity contribution in [3.63, 3.8) is 0 Å². The van der Waals surface area contributed by atoms with Gasteiger partial charge in [-0.3, -0.25) is 0 Å². The van der Waals surface area contributed by atoms with E-state index < -0.39 is 18.2 Å². The third-order valence-corrected chi connectivity index (χ3v) is 1.70. The Morgan fingerprint density at radius 1 is 1.25 bits per heavy atom. The summed E-state index contributed by atoms with van der Waals surface area (Å²) in [6.45, 7) is 3.99. The van der Waals surface area contributed by atoms with Crippen LogP contribution in [0.3, 0.4) is 0 Å². The van der Waals surface area contributed by atoms with Gasteiger partial charge in [0, 0.05) is 18.6 Å². The molecule has 0 radical (unpaired) electrons. The first-order valence-electron chi connectivity index (χ1n) is 5.33. The van der Waals surface area contributed by atoms with E-state index in [1.165, 1.54) is 0 Å². The first kappa shape index (κ1) is 14.6. The minimum atomic E-state index is -1.13. The summed E-state index contributed by atoms with van der Waals surface area (Å²) in [6.07, 6.45) is 2.82. The molecule has 0 aromatic heterocycles. The monoisotopic (exact) mass is 230 g/mol. The zero-order valence-electron chi connectivity index (χ0n) is 9.64. The average Bonchev–Trinajstić information content (AvgIpc) is 2.26. The fourth-order valence-corrected chi connectivity index (χ4v) is 0.758. The van der Waals surface area contributed by atoms with Crippen LogP contribution in [0.5, 0.6) is 0 Å². The minimum Gasteiger partial charge on any atom is -0.463 e. The number of aliphatic hydroxyl groups excluding tert-OH is 1. The van der Waals surface area contributed by atoms with E-state index >= 15 is 0 Å². The van der Waals surface area contributed by atoms with Gasteiger partial charge in [-0.2, -0.15) is 0 Å². The topological polar surface area (TPSA) is 72.8 Å². The smallest absolute Gasteiger partial charge is 0.333 e. The van der Waals surface area contributed by atoms with Gasteiger partial charge >= 0.3 is 11.9 Å². The standard InChI is InChI=1S/C11H18O5/c1-3-5-8-15-10(13)6-7-11(14)16-9(12)4-2/h6-7,9,12H,3-5,8H2,1-2H3/b7-6-. The van der Waals surface area contributed by atoms with Gasteiger partial charge in [0.1, 0.15) is 0 Å². The van der Waals surface area contributed by atoms with Crippen LogP contribution in [0.1, 0.15) is 33.1 Å². The number of unbranched alkanes of at least 4 members (excludes halogenated alkanes) is 1. The Hall–Kier alpha value is -1.36. The number of carbonyl (C=O) groups excluding carboxylic acids is 2. The molecule has 0 bridgehead atoms. The van der Waals surface area contributed by atoms with E-state index in [-0.39, 0.29) is 0 Å². The summed E-state index contributed by atoms with van der Waals surface area (Å²) in [5.74, 6) is -1.35. The summed E-state index contributed by atoms with van der Waals surface area (Å²) in [4.78, 5) is 22.0. The van der Waals surface area contributed by atoms with Gasteiger partial charge in [-0.05, 0) is 6.42 Å². The number of ether oxygens (including phenoxy) is 2. The van der Waals surface area contributed by atoms with Crippen LogP contribution < -0.4 is 0 Å². The molecule has 92 valence electrons. The summed E-state index contributed by atoms with van der Waals surface area (Å²) < 4.78 is 9.27. The molecule has 0 rings (SSSR count). The largest absolute Gasteiger partial charge is 0.463 e. The molecule has 1 unspecified atom stereocenters. The lowest BCUT2D eigenvalue weighted by Crippen LogP contribution is -2.15. The molecule has 1 N–H and O–H groups in total. The number of aliphatic hydroxyl groups is 1. The van der Waals surface area contributed by atoms with Crippen LogP contribution in [-0.4, -0.2) is 29.9 Å². The van der Waals surface area contributed by atoms with Gasteiger partial charge in [0.15, 0.2) is 0 Å². The molecule has 0 heterocycles. The number of hydrogen-bond acceptors (Lipinski definition) is 5. The van der Waals surface area contributed by atoms with E-state index in [9.17, 15) is 9.59 Å². The van der Waals surface area contributed by atoms with Crippen LogP contribution in [0.25, 0.3) is 0 Å². The molecule has 0 amide bonds. The quantitative estimate of drug-likeness (QED) is 0.307. The molecule has 0 spiro atoms. The molecule has 0 aromatic carbocycles. The van der Waals surface area contributed by atoms with Gasteiger partial charge in [-0.1, -0.05) is 20.3 Å². The van der Waals surface area contributed by atoms with Crippen molar-refractivity contribution < 1.29 is 24.2 Å². The zero-order valence-corrected chi connectivity index (χ0v) is 9.64. The van der Waals surface area contributed by atoms with Gasteiger partial charge in [0.2, 0.25) is 6.29 Å². The Labute approximate surface area is 95.0 Å². The normalized spacial score (nSPS) is 12.4. The molecule has 1 atom stereocenters. The van der Waals surface area contributed by atoms with Crippen molar-refractivity contribution in [1.29, 1.82) is 0 Å². The predicted octanol–water partition coefficient (Wildman–Crippen LogP) is 1.16. The lowest BCUT2D eigenvalue weighted by atomic mass is 10.4. The molecule has 5 nitrogen and oxygen atoms in total. The lowest BCUT2D eigenvalue weighted by Gasteiger charge is -2.06. The van der Waals surface area contributed by atoms with Gasteiger partial charge in [0.25, 0.3) is 0 Å². The van der Waals surface area contributed by atoms with Crippen molar-refractivity contribution in [2.24, 2.45) is 0 Å². The van der Waals surface area contributed by atoms with Gasteiger partial charge < -0.3 is 14.6 Å². The second-order valence-corrected chi connectivity index (χ2v) is 3.15. The molecule has 0 saturated heterocycles. The second kappa shape index (κ2) is 8.91. The highest BCUT2D eigenvalue weighted by atomic mass is 16.6. The van der Waals surface area contributed by atoms with Crippen LogP contribution in [0.15, 0.2) is 12.2 Å². The Bertz CT molecular complexity index is 247. The van der Waals surface area contributed by atoms with E-state index in [2.05, 4.69) is 4.74 Å². The Morgan fingerprint density at radius 3 is 2.44 bits per heavy atom. The predicted molar refractivity (Wildman–Crippen MR) is 57.4 cm³/mol. The second-order valence-electron chi connectivity index (χ2n) is 3.15. The molecule has 0 aliphatic carbocycles. The van der Waals surface area contributed by atoms with Crippen molar-refractivity contribution in [3.05, 3.63) is 12.2 Å². The van der Waals surface area contributed by atoms with Crippen molar-refractivity contribution in [2.75, 3.05) is 6.61 Å². The molecule has 0 saturated carbocycles. The van der Waals surface area contributed by atoms with Crippen molar-refractivity contribution >= 4 is 11.9 Å². The highest BCUT2D eigenvalue weighted by Crippen LogP contribution is 1.95. The molecule has 0 aliphatic rings. The summed E-state index contributed by atoms with van der Waals surface area (Å²) in [5.41, 5.74) is 0. The highest BCUT2D eigenvalue weighted by molar-refractivity contribution is 5.91. The first-order valence-corrected chi connectivity index (χ1v) is 5.33. The summed E-state index contributed by atoms with van der Waals surface area (Å²) >= 11 is 0. The van der Waals surface area contributed by atoms with Crippen LogP contribution >= 0.6 is 0 Å². The summed E-state index contributed by atoms with van der Waals surface area (Å²) in [6, 6.07) is 0. The van der Waals surface area contributed by atoms with Gasteiger partial charge in [0.05, 0.1) is 6.61 Å². The number of rotatable bonds is 7. The Morgan fingerprint density at radius 2 is 1.88 bits per heavy atom. The van der Waals surface area contributed by atoms with E-state index in [1.54, 1.807) is 6.92 Å². The fraction of sp³-hybridized carbons (Fsp3) is 0.636. The SMILES string of the molecule is CCCCOC(=O)/C=C\C(=O)OC(O)CC. The Kier molecular flexibility index (Phi) is 8.15. The van der Waals surface area contributed by atoms with E-state index in [0.29, 0.717) is 13.0 Å². The molecule has 0 aliphatic heterocycles. The first-order chi connectivity index (χ1) is 7.60. The van der Waals surface area contributed by atoms with E-state index in [1.807, 2.05) is 6.92 Å². The average molecular weight is 230 g/mol. The number of esters is 2. The van der Waals surface area contributed by atoms with Gasteiger partial charge in [-0.15, -0.1) is 0 Å².